The van der Waals surface area contributed by atoms with Gasteiger partial charge in [-0.05, 0) is 44.8 Å². The summed E-state index contributed by atoms with van der Waals surface area (Å²) in [6.45, 7) is 4.71. The van der Waals surface area contributed by atoms with Crippen molar-refractivity contribution in [3.63, 3.8) is 0 Å². The molecule has 1 amide bonds. The van der Waals surface area contributed by atoms with Gasteiger partial charge in [0.2, 0.25) is 5.91 Å². The highest BCUT2D eigenvalue weighted by molar-refractivity contribution is 5.76. The van der Waals surface area contributed by atoms with E-state index in [0.29, 0.717) is 12.6 Å². The Morgan fingerprint density at radius 2 is 1.96 bits per heavy atom. The van der Waals surface area contributed by atoms with Crippen molar-refractivity contribution in [2.24, 2.45) is 0 Å². The first-order chi connectivity index (χ1) is 11.4. The number of likely N-dealkylation sites (N-methyl/N-ethyl adjacent to an activating group) is 1. The largest absolute Gasteiger partial charge is 0.435 e. The number of aromatic nitrogens is 2. The molecule has 0 unspecified atom stereocenters. The van der Waals surface area contributed by atoms with Crippen LogP contribution in [0, 0.1) is 0 Å². The molecule has 3 rings (SSSR count). The SMILES string of the molecule is CCN1CCC[C@H]1[C@H]1CCCN1C(=O)Cn1ccc(C(F)(F)F)n1. The molecule has 134 valence electrons. The molecule has 8 heteroatoms. The highest BCUT2D eigenvalue weighted by Gasteiger charge is 2.39. The van der Waals surface area contributed by atoms with E-state index in [1.807, 2.05) is 4.90 Å². The minimum absolute atomic E-state index is 0.134. The Bertz CT molecular complexity index is 586. The fraction of sp³-hybridized carbons (Fsp3) is 0.750. The summed E-state index contributed by atoms with van der Waals surface area (Å²) in [5.41, 5.74) is -0.957. The lowest BCUT2D eigenvalue weighted by molar-refractivity contribution is -0.142. The molecule has 0 bridgehead atoms. The molecule has 0 N–H and O–H groups in total. The van der Waals surface area contributed by atoms with Crippen LogP contribution in [0.1, 0.15) is 38.3 Å². The average molecular weight is 344 g/mol. The van der Waals surface area contributed by atoms with Gasteiger partial charge in [0, 0.05) is 24.8 Å². The number of rotatable bonds is 4. The highest BCUT2D eigenvalue weighted by Crippen LogP contribution is 2.30. The number of nitrogens with zero attached hydrogens (tertiary/aromatic N) is 4. The van der Waals surface area contributed by atoms with E-state index in [1.54, 1.807) is 0 Å². The molecular weight excluding hydrogens is 321 g/mol. The first kappa shape index (κ1) is 17.3. The Morgan fingerprint density at radius 3 is 2.62 bits per heavy atom. The van der Waals surface area contributed by atoms with Crippen molar-refractivity contribution in [1.82, 2.24) is 19.6 Å². The van der Waals surface area contributed by atoms with E-state index in [-0.39, 0.29) is 18.5 Å². The summed E-state index contributed by atoms with van der Waals surface area (Å²) < 4.78 is 38.9. The number of carbonyl (C=O) groups excluding carboxylic acids is 1. The van der Waals surface area contributed by atoms with Crippen LogP contribution in [0.5, 0.6) is 0 Å². The Labute approximate surface area is 139 Å². The van der Waals surface area contributed by atoms with Gasteiger partial charge in [0.15, 0.2) is 5.69 Å². The zero-order valence-corrected chi connectivity index (χ0v) is 13.8. The van der Waals surface area contributed by atoms with Gasteiger partial charge in [0.1, 0.15) is 6.54 Å². The summed E-state index contributed by atoms with van der Waals surface area (Å²) in [4.78, 5) is 16.9. The molecule has 2 aliphatic heterocycles. The minimum Gasteiger partial charge on any atom is -0.337 e. The van der Waals surface area contributed by atoms with Crippen LogP contribution in [-0.4, -0.2) is 57.2 Å². The van der Waals surface area contributed by atoms with Gasteiger partial charge in [0.25, 0.3) is 0 Å². The van der Waals surface area contributed by atoms with Gasteiger partial charge < -0.3 is 4.90 Å². The quantitative estimate of drug-likeness (QED) is 0.842. The molecule has 0 radical (unpaired) electrons. The Kier molecular flexibility index (Phi) is 4.85. The number of halogens is 3. The lowest BCUT2D eigenvalue weighted by atomic mass is 10.0. The molecule has 2 saturated heterocycles. The first-order valence-corrected chi connectivity index (χ1v) is 8.54. The number of carbonyl (C=O) groups is 1. The second-order valence-electron chi connectivity index (χ2n) is 6.53. The van der Waals surface area contributed by atoms with Crippen LogP contribution in [0.25, 0.3) is 0 Å². The third kappa shape index (κ3) is 3.43. The Balaban J connectivity index is 1.66. The van der Waals surface area contributed by atoms with Gasteiger partial charge in [-0.15, -0.1) is 0 Å². The predicted octanol–water partition coefficient (Wildman–Crippen LogP) is 2.38. The fourth-order valence-corrected chi connectivity index (χ4v) is 4.01. The number of amides is 1. The van der Waals surface area contributed by atoms with Crippen molar-refractivity contribution in [2.45, 2.75) is 57.4 Å². The van der Waals surface area contributed by atoms with Crippen molar-refractivity contribution in [3.05, 3.63) is 18.0 Å². The van der Waals surface area contributed by atoms with Crippen LogP contribution in [0.15, 0.2) is 12.3 Å². The van der Waals surface area contributed by atoms with Gasteiger partial charge in [0.05, 0.1) is 0 Å². The third-order valence-corrected chi connectivity index (χ3v) is 5.11. The van der Waals surface area contributed by atoms with Crippen LogP contribution in [-0.2, 0) is 17.5 Å². The van der Waals surface area contributed by atoms with Gasteiger partial charge in [-0.25, -0.2) is 0 Å². The van der Waals surface area contributed by atoms with Crippen molar-refractivity contribution in [2.75, 3.05) is 19.6 Å². The van der Waals surface area contributed by atoms with Crippen LogP contribution >= 0.6 is 0 Å². The average Bonchev–Trinajstić information content (AvgIpc) is 3.25. The molecule has 0 aromatic carbocycles. The van der Waals surface area contributed by atoms with Gasteiger partial charge in [-0.1, -0.05) is 6.92 Å². The van der Waals surface area contributed by atoms with Gasteiger partial charge in [-0.3, -0.25) is 14.4 Å². The molecule has 0 spiro atoms. The molecule has 2 fully saturated rings. The van der Waals surface area contributed by atoms with Crippen LogP contribution in [0.4, 0.5) is 13.2 Å². The summed E-state index contributed by atoms with van der Waals surface area (Å²) >= 11 is 0. The molecule has 3 heterocycles. The van der Waals surface area contributed by atoms with E-state index < -0.39 is 11.9 Å². The Morgan fingerprint density at radius 1 is 1.25 bits per heavy atom. The van der Waals surface area contributed by atoms with E-state index in [2.05, 4.69) is 16.9 Å². The summed E-state index contributed by atoms with van der Waals surface area (Å²) in [6, 6.07) is 1.47. The summed E-state index contributed by atoms with van der Waals surface area (Å²) in [5, 5.41) is 3.48. The lowest BCUT2D eigenvalue weighted by Crippen LogP contribution is -2.49. The minimum atomic E-state index is -4.48. The van der Waals surface area contributed by atoms with Crippen LogP contribution in [0.2, 0.25) is 0 Å². The molecule has 0 aliphatic carbocycles. The lowest BCUT2D eigenvalue weighted by Gasteiger charge is -2.34. The van der Waals surface area contributed by atoms with E-state index in [4.69, 9.17) is 0 Å². The van der Waals surface area contributed by atoms with Crippen molar-refractivity contribution in [3.8, 4) is 0 Å². The molecule has 0 saturated carbocycles. The van der Waals surface area contributed by atoms with Crippen LogP contribution in [0.3, 0.4) is 0 Å². The second kappa shape index (κ2) is 6.74. The molecule has 1 aromatic heterocycles. The molecule has 2 aliphatic rings. The Hall–Kier alpha value is -1.57. The fourth-order valence-electron chi connectivity index (χ4n) is 4.01. The smallest absolute Gasteiger partial charge is 0.337 e. The predicted molar refractivity (Wildman–Crippen MR) is 82.2 cm³/mol. The maximum absolute atomic E-state index is 12.6. The molecular formula is C16H23F3N4O. The zero-order chi connectivity index (χ0) is 17.3. The maximum Gasteiger partial charge on any atom is 0.435 e. The highest BCUT2D eigenvalue weighted by atomic mass is 19.4. The normalized spacial score (nSPS) is 25.6. The van der Waals surface area contributed by atoms with Crippen LogP contribution < -0.4 is 0 Å². The molecule has 24 heavy (non-hydrogen) atoms. The van der Waals surface area contributed by atoms with Crippen molar-refractivity contribution >= 4 is 5.91 Å². The second-order valence-corrected chi connectivity index (χ2v) is 6.53. The number of likely N-dealkylation sites (tertiary alicyclic amines) is 2. The van der Waals surface area contributed by atoms with Gasteiger partial charge in [-0.2, -0.15) is 18.3 Å². The summed E-state index contributed by atoms with van der Waals surface area (Å²) in [6.07, 6.45) is 0.903. The van der Waals surface area contributed by atoms with Crippen molar-refractivity contribution < 1.29 is 18.0 Å². The van der Waals surface area contributed by atoms with Gasteiger partial charge >= 0.3 is 6.18 Å². The maximum atomic E-state index is 12.6. The number of hydrogen-bond donors (Lipinski definition) is 0. The van der Waals surface area contributed by atoms with E-state index in [9.17, 15) is 18.0 Å². The topological polar surface area (TPSA) is 41.4 Å². The van der Waals surface area contributed by atoms with E-state index in [1.165, 1.54) is 6.20 Å². The van der Waals surface area contributed by atoms with Crippen molar-refractivity contribution in [1.29, 1.82) is 0 Å². The molecule has 2 atom stereocenters. The molecule has 1 aromatic rings. The van der Waals surface area contributed by atoms with E-state index >= 15 is 0 Å². The summed E-state index contributed by atoms with van der Waals surface area (Å²) in [5.74, 6) is -0.141. The third-order valence-electron chi connectivity index (χ3n) is 5.11. The molecule has 5 nitrogen and oxygen atoms in total. The first-order valence-electron chi connectivity index (χ1n) is 8.54. The monoisotopic (exact) mass is 344 g/mol. The standard InChI is InChI=1S/C16H23F3N4O/c1-2-21-8-3-5-12(21)13-6-4-9-23(13)15(24)11-22-10-7-14(20-22)16(17,18)19/h7,10,12-13H,2-6,8-9,11H2,1H3/t12-,13+/m0/s1. The number of hydrogen-bond acceptors (Lipinski definition) is 3. The van der Waals surface area contributed by atoms with E-state index in [0.717, 1.165) is 49.5 Å². The summed E-state index contributed by atoms with van der Waals surface area (Å²) in [7, 11) is 0. The zero-order valence-electron chi connectivity index (χ0n) is 13.8. The number of alkyl halides is 3.